The summed E-state index contributed by atoms with van der Waals surface area (Å²) in [5.74, 6) is 0.263. The van der Waals surface area contributed by atoms with Crippen LogP contribution in [0.4, 0.5) is 5.82 Å². The van der Waals surface area contributed by atoms with Gasteiger partial charge in [-0.25, -0.2) is 14.5 Å². The minimum atomic E-state index is -0.705. The Labute approximate surface area is 165 Å². The lowest BCUT2D eigenvalue weighted by atomic mass is 9.96. The van der Waals surface area contributed by atoms with E-state index in [1.165, 1.54) is 12.3 Å². The lowest BCUT2D eigenvalue weighted by Crippen LogP contribution is -2.25. The molecule has 9 heteroatoms. The van der Waals surface area contributed by atoms with Gasteiger partial charge in [-0.1, -0.05) is 12.1 Å². The Hall–Kier alpha value is -3.88. The van der Waals surface area contributed by atoms with E-state index < -0.39 is 11.5 Å². The van der Waals surface area contributed by atoms with Gasteiger partial charge in [0.25, 0.3) is 5.91 Å². The molecule has 3 aromatic rings. The minimum Gasteiger partial charge on any atom is -0.507 e. The van der Waals surface area contributed by atoms with Crippen molar-refractivity contribution in [3.05, 3.63) is 69.4 Å². The summed E-state index contributed by atoms with van der Waals surface area (Å²) in [6.45, 7) is 1.56. The van der Waals surface area contributed by atoms with E-state index in [-0.39, 0.29) is 46.6 Å². The number of primary amides is 1. The topological polar surface area (TPSA) is 133 Å². The maximum atomic E-state index is 12.4. The second-order valence-corrected chi connectivity index (χ2v) is 6.65. The molecule has 0 saturated heterocycles. The van der Waals surface area contributed by atoms with Crippen molar-refractivity contribution < 1.29 is 19.1 Å². The highest BCUT2D eigenvalue weighted by atomic mass is 16.5. The lowest BCUT2D eigenvalue weighted by Gasteiger charge is -2.25. The summed E-state index contributed by atoms with van der Waals surface area (Å²) in [6, 6.07) is 8.30. The third-order valence-corrected chi connectivity index (χ3v) is 4.80. The molecule has 1 unspecified atom stereocenters. The number of ether oxygens (including phenoxy) is 1. The van der Waals surface area contributed by atoms with Crippen LogP contribution in [0.15, 0.2) is 50.7 Å². The maximum absolute atomic E-state index is 12.4. The van der Waals surface area contributed by atoms with Crippen molar-refractivity contribution in [2.75, 3.05) is 7.11 Å². The Morgan fingerprint density at radius 2 is 2.07 bits per heavy atom. The summed E-state index contributed by atoms with van der Waals surface area (Å²) in [4.78, 5) is 28.7. The Kier molecular flexibility index (Phi) is 4.42. The number of carbonyl (C=O) groups is 1. The van der Waals surface area contributed by atoms with Gasteiger partial charge < -0.3 is 20.0 Å². The molecule has 1 aliphatic heterocycles. The molecule has 1 aromatic carbocycles. The van der Waals surface area contributed by atoms with Gasteiger partial charge in [-0.2, -0.15) is 5.10 Å². The predicted molar refractivity (Wildman–Crippen MR) is 104 cm³/mol. The van der Waals surface area contributed by atoms with Crippen LogP contribution >= 0.6 is 0 Å². The van der Waals surface area contributed by atoms with E-state index in [2.05, 4.69) is 10.1 Å². The monoisotopic (exact) mass is 394 g/mol. The Morgan fingerprint density at radius 1 is 1.34 bits per heavy atom. The number of nitrogens with two attached hydrogens (primary N) is 1. The number of benzene rings is 1. The van der Waals surface area contributed by atoms with Crippen molar-refractivity contribution in [1.82, 2.24) is 9.78 Å². The SMILES string of the molecule is COc1ccc(C2CC(c3c(O)cc(C)oc3=O)=Nc3c(C(N)=O)cnn32)cc1. The van der Waals surface area contributed by atoms with Gasteiger partial charge >= 0.3 is 5.63 Å². The number of aliphatic imine (C=N–C) groups is 1. The first-order chi connectivity index (χ1) is 13.9. The Bertz CT molecular complexity index is 1190. The summed E-state index contributed by atoms with van der Waals surface area (Å²) in [6.07, 6.45) is 1.60. The van der Waals surface area contributed by atoms with Gasteiger partial charge in [-0.15, -0.1) is 0 Å². The number of rotatable bonds is 4. The van der Waals surface area contributed by atoms with Crippen LogP contribution < -0.4 is 16.1 Å². The van der Waals surface area contributed by atoms with Crippen LogP contribution in [0.1, 0.15) is 39.7 Å². The van der Waals surface area contributed by atoms with Crippen molar-refractivity contribution in [2.24, 2.45) is 10.7 Å². The number of nitrogens with zero attached hydrogens (tertiary/aromatic N) is 3. The molecule has 3 heterocycles. The van der Waals surface area contributed by atoms with Crippen LogP contribution in [0.3, 0.4) is 0 Å². The highest BCUT2D eigenvalue weighted by Gasteiger charge is 2.31. The van der Waals surface area contributed by atoms with E-state index in [0.717, 1.165) is 5.56 Å². The highest BCUT2D eigenvalue weighted by molar-refractivity contribution is 6.06. The number of aromatic hydroxyl groups is 1. The number of amides is 1. The number of hydrogen-bond acceptors (Lipinski definition) is 7. The zero-order chi connectivity index (χ0) is 20.7. The average molecular weight is 394 g/mol. The van der Waals surface area contributed by atoms with Gasteiger partial charge in [0.15, 0.2) is 5.82 Å². The van der Waals surface area contributed by atoms with Crippen LogP contribution in [0, 0.1) is 6.92 Å². The van der Waals surface area contributed by atoms with Crippen LogP contribution in [0.5, 0.6) is 11.5 Å². The lowest BCUT2D eigenvalue weighted by molar-refractivity contribution is 0.100. The van der Waals surface area contributed by atoms with Crippen molar-refractivity contribution >= 4 is 17.4 Å². The molecule has 9 nitrogen and oxygen atoms in total. The number of hydrogen-bond donors (Lipinski definition) is 2. The highest BCUT2D eigenvalue weighted by Crippen LogP contribution is 2.36. The molecule has 0 fully saturated rings. The fourth-order valence-electron chi connectivity index (χ4n) is 3.42. The fourth-order valence-corrected chi connectivity index (χ4v) is 3.42. The van der Waals surface area contributed by atoms with Crippen LogP contribution in [0.2, 0.25) is 0 Å². The molecule has 2 aromatic heterocycles. The summed E-state index contributed by atoms with van der Waals surface area (Å²) >= 11 is 0. The van der Waals surface area contributed by atoms with Gasteiger partial charge in [-0.05, 0) is 24.6 Å². The van der Waals surface area contributed by atoms with Crippen molar-refractivity contribution in [2.45, 2.75) is 19.4 Å². The molecular weight excluding hydrogens is 376 g/mol. The second-order valence-electron chi connectivity index (χ2n) is 6.65. The van der Waals surface area contributed by atoms with E-state index in [9.17, 15) is 14.7 Å². The average Bonchev–Trinajstić information content (AvgIpc) is 3.11. The molecule has 29 heavy (non-hydrogen) atoms. The van der Waals surface area contributed by atoms with Gasteiger partial charge in [-0.3, -0.25) is 4.79 Å². The second kappa shape index (κ2) is 6.93. The Morgan fingerprint density at radius 3 is 2.69 bits per heavy atom. The molecule has 0 spiro atoms. The third-order valence-electron chi connectivity index (χ3n) is 4.80. The third kappa shape index (κ3) is 3.16. The molecule has 0 radical (unpaired) electrons. The first-order valence-corrected chi connectivity index (χ1v) is 8.82. The number of carbonyl (C=O) groups excluding carboxylic acids is 1. The summed E-state index contributed by atoms with van der Waals surface area (Å²) < 4.78 is 11.9. The van der Waals surface area contributed by atoms with E-state index in [1.54, 1.807) is 30.8 Å². The first-order valence-electron chi connectivity index (χ1n) is 8.82. The predicted octanol–water partition coefficient (Wildman–Crippen LogP) is 2.07. The van der Waals surface area contributed by atoms with E-state index >= 15 is 0 Å². The van der Waals surface area contributed by atoms with Crippen LogP contribution in [-0.2, 0) is 0 Å². The molecule has 0 aliphatic carbocycles. The number of methoxy groups -OCH3 is 1. The molecule has 0 bridgehead atoms. The number of aromatic nitrogens is 2. The van der Waals surface area contributed by atoms with Crippen molar-refractivity contribution in [3.63, 3.8) is 0 Å². The maximum Gasteiger partial charge on any atom is 0.348 e. The summed E-state index contributed by atoms with van der Waals surface area (Å²) in [5.41, 5.74) is 5.97. The number of aryl methyl sites for hydroxylation is 1. The molecular formula is C20H18N4O5. The zero-order valence-electron chi connectivity index (χ0n) is 15.7. The summed E-state index contributed by atoms with van der Waals surface area (Å²) in [7, 11) is 1.57. The molecule has 4 rings (SSSR count). The quantitative estimate of drug-likeness (QED) is 0.696. The van der Waals surface area contributed by atoms with E-state index in [4.69, 9.17) is 14.9 Å². The molecule has 148 valence electrons. The van der Waals surface area contributed by atoms with Gasteiger partial charge in [0.05, 0.1) is 25.1 Å². The first kappa shape index (κ1) is 18.5. The standard InChI is InChI=1S/C20H18N4O5/c1-10-7-16(25)17(20(27)29-10)14-8-15(11-3-5-12(28-2)6-4-11)24-19(23-14)13(9-22-24)18(21)26/h3-7,9,15,25H,8H2,1-2H3,(H2,21,26). The zero-order valence-corrected chi connectivity index (χ0v) is 15.7. The van der Waals surface area contributed by atoms with Gasteiger partial charge in [0.1, 0.15) is 28.4 Å². The van der Waals surface area contributed by atoms with Crippen molar-refractivity contribution in [3.8, 4) is 11.5 Å². The Balaban J connectivity index is 1.90. The van der Waals surface area contributed by atoms with Crippen molar-refractivity contribution in [1.29, 1.82) is 0 Å². The number of fused-ring (bicyclic) bond motifs is 1. The van der Waals surface area contributed by atoms with Crippen LogP contribution in [-0.4, -0.2) is 33.6 Å². The van der Waals surface area contributed by atoms with E-state index in [1.807, 2.05) is 12.1 Å². The molecule has 1 amide bonds. The normalized spacial score (nSPS) is 15.5. The molecule has 1 atom stereocenters. The summed E-state index contributed by atoms with van der Waals surface area (Å²) in [5, 5.41) is 14.6. The smallest absolute Gasteiger partial charge is 0.348 e. The minimum absolute atomic E-state index is 0.0445. The van der Waals surface area contributed by atoms with E-state index in [0.29, 0.717) is 5.75 Å². The van der Waals surface area contributed by atoms with Gasteiger partial charge in [0, 0.05) is 12.5 Å². The molecule has 3 N–H and O–H groups in total. The largest absolute Gasteiger partial charge is 0.507 e. The fraction of sp³-hybridized carbons (Fsp3) is 0.200. The van der Waals surface area contributed by atoms with Gasteiger partial charge in [0.2, 0.25) is 0 Å². The molecule has 0 saturated carbocycles. The van der Waals surface area contributed by atoms with Crippen LogP contribution in [0.25, 0.3) is 0 Å². The molecule has 1 aliphatic rings.